The maximum absolute atomic E-state index is 5.68. The van der Waals surface area contributed by atoms with Crippen LogP contribution in [0.5, 0.6) is 5.88 Å². The minimum absolute atomic E-state index is 0.122. The second-order valence-corrected chi connectivity index (χ2v) is 5.03. The monoisotopic (exact) mass is 306 g/mol. The Bertz CT molecular complexity index is 1010. The summed E-state index contributed by atoms with van der Waals surface area (Å²) < 4.78 is 5.51. The Kier molecular flexibility index (Phi) is 3.04. The number of H-pyrrole nitrogens is 1. The van der Waals surface area contributed by atoms with E-state index in [4.69, 9.17) is 10.5 Å². The fourth-order valence-corrected chi connectivity index (χ4v) is 2.49. The SMILES string of the molecule is CCOc1nc(N)nc2ncc(-c3ccc4[nH]ccc4c3)nc12. The van der Waals surface area contributed by atoms with Crippen LogP contribution >= 0.6 is 0 Å². The lowest BCUT2D eigenvalue weighted by atomic mass is 10.1. The molecule has 0 saturated heterocycles. The maximum atomic E-state index is 5.68. The van der Waals surface area contributed by atoms with Crippen molar-refractivity contribution in [2.24, 2.45) is 0 Å². The highest BCUT2D eigenvalue weighted by atomic mass is 16.5. The van der Waals surface area contributed by atoms with Gasteiger partial charge in [0, 0.05) is 22.7 Å². The molecular weight excluding hydrogens is 292 g/mol. The van der Waals surface area contributed by atoms with Crippen molar-refractivity contribution in [2.45, 2.75) is 6.92 Å². The molecule has 0 aliphatic carbocycles. The van der Waals surface area contributed by atoms with Crippen molar-refractivity contribution < 1.29 is 4.74 Å². The molecule has 0 amide bonds. The minimum atomic E-state index is 0.122. The summed E-state index contributed by atoms with van der Waals surface area (Å²) in [5.74, 6) is 0.476. The quantitative estimate of drug-likeness (QED) is 0.603. The van der Waals surface area contributed by atoms with E-state index in [1.807, 2.05) is 31.3 Å². The number of anilines is 1. The highest BCUT2D eigenvalue weighted by molar-refractivity contribution is 5.85. The number of aromatic amines is 1. The molecule has 0 radical (unpaired) electrons. The van der Waals surface area contributed by atoms with E-state index in [2.05, 4.69) is 31.0 Å². The molecule has 0 unspecified atom stereocenters. The fourth-order valence-electron chi connectivity index (χ4n) is 2.49. The molecule has 3 aromatic heterocycles. The summed E-state index contributed by atoms with van der Waals surface area (Å²) in [6.45, 7) is 2.34. The molecule has 0 spiro atoms. The summed E-state index contributed by atoms with van der Waals surface area (Å²) in [4.78, 5) is 20.3. The van der Waals surface area contributed by atoms with Gasteiger partial charge in [-0.05, 0) is 25.1 Å². The van der Waals surface area contributed by atoms with Gasteiger partial charge in [0.15, 0.2) is 11.2 Å². The summed E-state index contributed by atoms with van der Waals surface area (Å²) >= 11 is 0. The van der Waals surface area contributed by atoms with E-state index in [9.17, 15) is 0 Å². The van der Waals surface area contributed by atoms with Gasteiger partial charge in [0.2, 0.25) is 11.8 Å². The van der Waals surface area contributed by atoms with E-state index in [1.165, 1.54) is 0 Å². The van der Waals surface area contributed by atoms with Gasteiger partial charge in [-0.15, -0.1) is 0 Å². The first kappa shape index (κ1) is 13.4. The Balaban J connectivity index is 1.90. The van der Waals surface area contributed by atoms with Crippen LogP contribution in [0.4, 0.5) is 5.95 Å². The lowest BCUT2D eigenvalue weighted by Gasteiger charge is -2.07. The molecule has 0 atom stereocenters. The van der Waals surface area contributed by atoms with E-state index in [0.29, 0.717) is 23.7 Å². The highest BCUT2D eigenvalue weighted by Crippen LogP contribution is 2.26. The van der Waals surface area contributed by atoms with E-state index in [0.717, 1.165) is 22.2 Å². The molecular formula is C16H14N6O. The number of nitrogens with zero attached hydrogens (tertiary/aromatic N) is 4. The van der Waals surface area contributed by atoms with E-state index in [1.54, 1.807) is 6.20 Å². The van der Waals surface area contributed by atoms with Crippen molar-refractivity contribution in [2.75, 3.05) is 12.3 Å². The largest absolute Gasteiger partial charge is 0.476 e. The second-order valence-electron chi connectivity index (χ2n) is 5.03. The number of hydrogen-bond acceptors (Lipinski definition) is 6. The van der Waals surface area contributed by atoms with Crippen molar-refractivity contribution in [3.05, 3.63) is 36.7 Å². The van der Waals surface area contributed by atoms with Crippen LogP contribution in [0.1, 0.15) is 6.92 Å². The number of aromatic nitrogens is 5. The third-order valence-electron chi connectivity index (χ3n) is 3.52. The highest BCUT2D eigenvalue weighted by Gasteiger charge is 2.12. The molecule has 7 heteroatoms. The van der Waals surface area contributed by atoms with Gasteiger partial charge in [-0.2, -0.15) is 9.97 Å². The van der Waals surface area contributed by atoms with Crippen LogP contribution in [0.25, 0.3) is 33.3 Å². The third-order valence-corrected chi connectivity index (χ3v) is 3.52. The van der Waals surface area contributed by atoms with Crippen LogP contribution in [-0.4, -0.2) is 31.5 Å². The van der Waals surface area contributed by atoms with Gasteiger partial charge in [0.05, 0.1) is 18.5 Å². The predicted molar refractivity (Wildman–Crippen MR) is 88.0 cm³/mol. The van der Waals surface area contributed by atoms with Gasteiger partial charge in [-0.3, -0.25) is 0 Å². The molecule has 0 aliphatic rings. The average Bonchev–Trinajstić information content (AvgIpc) is 3.02. The van der Waals surface area contributed by atoms with Gasteiger partial charge >= 0.3 is 0 Å². The topological polar surface area (TPSA) is 103 Å². The Morgan fingerprint density at radius 1 is 1.17 bits per heavy atom. The molecule has 1 aromatic carbocycles. The first-order chi connectivity index (χ1) is 11.2. The first-order valence-corrected chi connectivity index (χ1v) is 7.25. The molecule has 3 N–H and O–H groups in total. The van der Waals surface area contributed by atoms with Crippen molar-refractivity contribution in [3.8, 4) is 17.1 Å². The van der Waals surface area contributed by atoms with E-state index < -0.39 is 0 Å². The molecule has 7 nitrogen and oxygen atoms in total. The molecule has 23 heavy (non-hydrogen) atoms. The van der Waals surface area contributed by atoms with Crippen LogP contribution in [-0.2, 0) is 0 Å². The lowest BCUT2D eigenvalue weighted by molar-refractivity contribution is 0.330. The summed E-state index contributed by atoms with van der Waals surface area (Å²) in [5, 5.41) is 1.11. The summed E-state index contributed by atoms with van der Waals surface area (Å²) in [5.41, 5.74) is 9.38. The summed E-state index contributed by atoms with van der Waals surface area (Å²) in [6, 6.07) is 8.08. The van der Waals surface area contributed by atoms with Crippen LogP contribution in [0.15, 0.2) is 36.7 Å². The molecule has 0 saturated carbocycles. The van der Waals surface area contributed by atoms with Crippen molar-refractivity contribution in [1.29, 1.82) is 0 Å². The van der Waals surface area contributed by atoms with E-state index >= 15 is 0 Å². The fraction of sp³-hybridized carbons (Fsp3) is 0.125. The summed E-state index contributed by atoms with van der Waals surface area (Å²) in [6.07, 6.45) is 3.59. The predicted octanol–water partition coefficient (Wildman–Crippen LogP) is 2.55. The van der Waals surface area contributed by atoms with Crippen molar-refractivity contribution in [1.82, 2.24) is 24.9 Å². The number of hydrogen-bond donors (Lipinski definition) is 2. The van der Waals surface area contributed by atoms with Crippen LogP contribution in [0.3, 0.4) is 0 Å². The smallest absolute Gasteiger partial charge is 0.247 e. The normalized spacial score (nSPS) is 11.2. The third kappa shape index (κ3) is 2.32. The van der Waals surface area contributed by atoms with Gasteiger partial charge < -0.3 is 15.5 Å². The van der Waals surface area contributed by atoms with Crippen LogP contribution < -0.4 is 10.5 Å². The molecule has 114 valence electrons. The van der Waals surface area contributed by atoms with Gasteiger partial charge in [-0.1, -0.05) is 6.07 Å². The van der Waals surface area contributed by atoms with Gasteiger partial charge in [-0.25, -0.2) is 9.97 Å². The Morgan fingerprint density at radius 2 is 2.09 bits per heavy atom. The zero-order valence-electron chi connectivity index (χ0n) is 12.4. The molecule has 4 aromatic rings. The van der Waals surface area contributed by atoms with E-state index in [-0.39, 0.29) is 5.95 Å². The number of fused-ring (bicyclic) bond motifs is 2. The Morgan fingerprint density at radius 3 is 2.96 bits per heavy atom. The molecule has 3 heterocycles. The number of nitrogens with two attached hydrogens (primary N) is 1. The minimum Gasteiger partial charge on any atom is -0.476 e. The molecule has 0 aliphatic heterocycles. The molecule has 4 rings (SSSR count). The Hall–Kier alpha value is -3.22. The number of benzene rings is 1. The number of ether oxygens (including phenoxy) is 1. The average molecular weight is 306 g/mol. The molecule has 0 bridgehead atoms. The zero-order chi connectivity index (χ0) is 15.8. The number of nitrogens with one attached hydrogen (secondary N) is 1. The second kappa shape index (κ2) is 5.20. The zero-order valence-corrected chi connectivity index (χ0v) is 12.4. The summed E-state index contributed by atoms with van der Waals surface area (Å²) in [7, 11) is 0. The van der Waals surface area contributed by atoms with Crippen molar-refractivity contribution >= 4 is 28.0 Å². The van der Waals surface area contributed by atoms with Gasteiger partial charge in [0.1, 0.15) is 0 Å². The first-order valence-electron chi connectivity index (χ1n) is 7.25. The molecule has 0 fully saturated rings. The van der Waals surface area contributed by atoms with Gasteiger partial charge in [0.25, 0.3) is 0 Å². The lowest BCUT2D eigenvalue weighted by Crippen LogP contribution is -2.04. The van der Waals surface area contributed by atoms with Crippen LogP contribution in [0.2, 0.25) is 0 Å². The maximum Gasteiger partial charge on any atom is 0.247 e. The number of rotatable bonds is 3. The van der Waals surface area contributed by atoms with Crippen LogP contribution in [0, 0.1) is 0 Å². The number of nitrogen functional groups attached to an aromatic ring is 1. The standard InChI is InChI=1S/C16H14N6O/c1-2-23-15-13-14(21-16(17)22-15)19-8-12(20-13)9-3-4-11-10(7-9)5-6-18-11/h3-8,18H,2H2,1H3,(H2,17,19,21,22). The van der Waals surface area contributed by atoms with Crippen molar-refractivity contribution in [3.63, 3.8) is 0 Å². The Labute approximate surface area is 131 Å².